The van der Waals surface area contributed by atoms with Crippen molar-refractivity contribution in [1.29, 1.82) is 0 Å². The second-order valence-corrected chi connectivity index (χ2v) is 7.60. The van der Waals surface area contributed by atoms with Crippen LogP contribution in [0.2, 0.25) is 0 Å². The summed E-state index contributed by atoms with van der Waals surface area (Å²) in [6.45, 7) is 2.01. The average molecular weight is 448 g/mol. The van der Waals surface area contributed by atoms with Crippen molar-refractivity contribution < 1.29 is 18.7 Å². The van der Waals surface area contributed by atoms with Gasteiger partial charge in [0.2, 0.25) is 0 Å². The number of carbonyl (C=O) groups excluding carboxylic acids is 1. The van der Waals surface area contributed by atoms with E-state index in [1.54, 1.807) is 37.7 Å². The van der Waals surface area contributed by atoms with E-state index in [1.807, 2.05) is 12.1 Å². The SMILES string of the molecule is COCCOc1cc(-c2ccc(F)cc2)nc2cc(C(=O)NCCCC3=NC=NC3)ccc12. The third-order valence-electron chi connectivity index (χ3n) is 5.24. The van der Waals surface area contributed by atoms with Gasteiger partial charge < -0.3 is 14.8 Å². The van der Waals surface area contributed by atoms with Crippen LogP contribution >= 0.6 is 0 Å². The van der Waals surface area contributed by atoms with Gasteiger partial charge in [-0.25, -0.2) is 14.4 Å². The third kappa shape index (κ3) is 5.78. The molecule has 0 saturated carbocycles. The maximum Gasteiger partial charge on any atom is 0.251 e. The van der Waals surface area contributed by atoms with Crippen LogP contribution in [-0.2, 0) is 4.74 Å². The van der Waals surface area contributed by atoms with Gasteiger partial charge in [-0.1, -0.05) is 0 Å². The lowest BCUT2D eigenvalue weighted by Gasteiger charge is -2.13. The number of carbonyl (C=O) groups is 1. The monoisotopic (exact) mass is 448 g/mol. The minimum Gasteiger partial charge on any atom is -0.490 e. The van der Waals surface area contributed by atoms with E-state index in [4.69, 9.17) is 14.5 Å². The molecule has 8 heteroatoms. The molecule has 1 N–H and O–H groups in total. The van der Waals surface area contributed by atoms with Crippen LogP contribution in [0.4, 0.5) is 4.39 Å². The zero-order valence-corrected chi connectivity index (χ0v) is 18.4. The largest absolute Gasteiger partial charge is 0.490 e. The number of hydrogen-bond acceptors (Lipinski definition) is 6. The molecular weight excluding hydrogens is 423 g/mol. The maximum atomic E-state index is 13.4. The summed E-state index contributed by atoms with van der Waals surface area (Å²) in [5, 5.41) is 3.73. The van der Waals surface area contributed by atoms with Gasteiger partial charge >= 0.3 is 0 Å². The van der Waals surface area contributed by atoms with Crippen molar-refractivity contribution in [1.82, 2.24) is 10.3 Å². The van der Waals surface area contributed by atoms with E-state index in [-0.39, 0.29) is 11.7 Å². The second kappa shape index (κ2) is 10.8. The van der Waals surface area contributed by atoms with E-state index in [9.17, 15) is 9.18 Å². The summed E-state index contributed by atoms with van der Waals surface area (Å²) in [4.78, 5) is 25.6. The number of amides is 1. The van der Waals surface area contributed by atoms with Crippen molar-refractivity contribution in [2.45, 2.75) is 12.8 Å². The molecule has 0 spiro atoms. The Bertz CT molecular complexity index is 1190. The molecule has 4 rings (SSSR count). The van der Waals surface area contributed by atoms with Crippen LogP contribution < -0.4 is 10.1 Å². The van der Waals surface area contributed by atoms with Crippen molar-refractivity contribution in [3.63, 3.8) is 0 Å². The molecule has 3 aromatic rings. The normalized spacial score (nSPS) is 12.7. The fourth-order valence-electron chi connectivity index (χ4n) is 3.51. The Hall–Kier alpha value is -3.65. The Morgan fingerprint density at radius 1 is 1.12 bits per heavy atom. The Morgan fingerprint density at radius 3 is 2.73 bits per heavy atom. The summed E-state index contributed by atoms with van der Waals surface area (Å²) in [6, 6.07) is 13.3. The molecule has 2 heterocycles. The van der Waals surface area contributed by atoms with Crippen LogP contribution in [0.5, 0.6) is 5.75 Å². The highest BCUT2D eigenvalue weighted by Gasteiger charge is 2.13. The lowest BCUT2D eigenvalue weighted by molar-refractivity contribution is 0.0953. The maximum absolute atomic E-state index is 13.4. The van der Waals surface area contributed by atoms with Gasteiger partial charge in [-0.05, 0) is 55.3 Å². The van der Waals surface area contributed by atoms with Crippen molar-refractivity contribution >= 4 is 28.9 Å². The molecule has 7 nitrogen and oxygen atoms in total. The molecule has 33 heavy (non-hydrogen) atoms. The lowest BCUT2D eigenvalue weighted by Crippen LogP contribution is -2.25. The van der Waals surface area contributed by atoms with Gasteiger partial charge in [0.15, 0.2) is 0 Å². The fourth-order valence-corrected chi connectivity index (χ4v) is 3.51. The number of halogens is 1. The van der Waals surface area contributed by atoms with Gasteiger partial charge in [-0.3, -0.25) is 9.79 Å². The molecule has 1 aliphatic rings. The van der Waals surface area contributed by atoms with Gasteiger partial charge in [-0.15, -0.1) is 0 Å². The van der Waals surface area contributed by atoms with Crippen molar-refractivity contribution in [3.8, 4) is 17.0 Å². The first kappa shape index (κ1) is 22.5. The summed E-state index contributed by atoms with van der Waals surface area (Å²) in [7, 11) is 1.61. The number of nitrogens with zero attached hydrogens (tertiary/aromatic N) is 3. The number of hydrogen-bond donors (Lipinski definition) is 1. The summed E-state index contributed by atoms with van der Waals surface area (Å²) in [6.07, 6.45) is 3.18. The minimum absolute atomic E-state index is 0.169. The number of pyridine rings is 1. The van der Waals surface area contributed by atoms with E-state index < -0.39 is 0 Å². The van der Waals surface area contributed by atoms with E-state index >= 15 is 0 Å². The highest BCUT2D eigenvalue weighted by atomic mass is 19.1. The van der Waals surface area contributed by atoms with Crippen molar-refractivity contribution in [2.75, 3.05) is 33.4 Å². The van der Waals surface area contributed by atoms with Crippen LogP contribution in [0.15, 0.2) is 58.5 Å². The van der Waals surface area contributed by atoms with E-state index in [2.05, 4.69) is 15.3 Å². The zero-order valence-electron chi connectivity index (χ0n) is 18.4. The van der Waals surface area contributed by atoms with Crippen LogP contribution in [0.3, 0.4) is 0 Å². The molecule has 0 aliphatic carbocycles. The zero-order chi connectivity index (χ0) is 23.0. The molecule has 0 unspecified atom stereocenters. The summed E-state index contributed by atoms with van der Waals surface area (Å²) in [5.41, 5.74) is 3.55. The predicted molar refractivity (Wildman–Crippen MR) is 127 cm³/mol. The molecule has 0 fully saturated rings. The molecular formula is C25H25FN4O3. The number of fused-ring (bicyclic) bond motifs is 1. The summed E-state index contributed by atoms with van der Waals surface area (Å²) in [5.74, 6) is 0.142. The molecule has 0 radical (unpaired) electrons. The van der Waals surface area contributed by atoms with Crippen LogP contribution in [0, 0.1) is 5.82 Å². The standard InChI is InChI=1S/C25H25FN4O3/c1-32-11-12-33-24-14-22(17-4-7-19(26)8-5-17)30-23-13-18(6-9-21(23)24)25(31)28-10-2-3-20-15-27-16-29-20/h4-9,13-14,16H,2-3,10-12,15H2,1H3,(H,28,31). The van der Waals surface area contributed by atoms with Crippen molar-refractivity contribution in [3.05, 3.63) is 59.9 Å². The molecule has 2 aromatic carbocycles. The smallest absolute Gasteiger partial charge is 0.251 e. The number of rotatable bonds is 10. The average Bonchev–Trinajstić information content (AvgIpc) is 3.35. The highest BCUT2D eigenvalue weighted by Crippen LogP contribution is 2.31. The lowest BCUT2D eigenvalue weighted by atomic mass is 10.1. The number of benzene rings is 2. The van der Waals surface area contributed by atoms with Gasteiger partial charge in [0.1, 0.15) is 24.5 Å². The first-order chi connectivity index (χ1) is 16.1. The van der Waals surface area contributed by atoms with E-state index in [0.29, 0.717) is 48.8 Å². The third-order valence-corrected chi connectivity index (χ3v) is 5.24. The number of aliphatic imine (C=N–C) groups is 2. The number of ether oxygens (including phenoxy) is 2. The minimum atomic E-state index is -0.317. The summed E-state index contributed by atoms with van der Waals surface area (Å²) >= 11 is 0. The Morgan fingerprint density at radius 2 is 1.97 bits per heavy atom. The van der Waals surface area contributed by atoms with Gasteiger partial charge in [0.05, 0.1) is 24.4 Å². The first-order valence-corrected chi connectivity index (χ1v) is 10.8. The molecule has 1 amide bonds. The van der Waals surface area contributed by atoms with Crippen molar-refractivity contribution in [2.24, 2.45) is 9.98 Å². The molecule has 0 saturated heterocycles. The first-order valence-electron chi connectivity index (χ1n) is 10.8. The number of aromatic nitrogens is 1. The van der Waals surface area contributed by atoms with Gasteiger partial charge in [0.25, 0.3) is 5.91 Å². The van der Waals surface area contributed by atoms with E-state index in [1.165, 1.54) is 12.1 Å². The van der Waals surface area contributed by atoms with Crippen LogP contribution in [-0.4, -0.2) is 56.4 Å². The predicted octanol–water partition coefficient (Wildman–Crippen LogP) is 4.06. The van der Waals surface area contributed by atoms with Gasteiger partial charge in [0, 0.05) is 41.9 Å². The summed E-state index contributed by atoms with van der Waals surface area (Å²) < 4.78 is 24.4. The molecule has 170 valence electrons. The Kier molecular flexibility index (Phi) is 7.36. The fraction of sp³-hybridized carbons (Fsp3) is 0.280. The number of nitrogens with one attached hydrogen (secondary N) is 1. The Balaban J connectivity index is 1.54. The molecule has 1 aliphatic heterocycles. The van der Waals surface area contributed by atoms with Crippen LogP contribution in [0.1, 0.15) is 23.2 Å². The second-order valence-electron chi connectivity index (χ2n) is 7.60. The van der Waals surface area contributed by atoms with E-state index in [0.717, 1.165) is 29.5 Å². The molecule has 1 aromatic heterocycles. The molecule has 0 atom stereocenters. The van der Waals surface area contributed by atoms with Gasteiger partial charge in [-0.2, -0.15) is 0 Å². The highest BCUT2D eigenvalue weighted by molar-refractivity contribution is 5.99. The van der Waals surface area contributed by atoms with Crippen LogP contribution in [0.25, 0.3) is 22.2 Å². The molecule has 0 bridgehead atoms. The topological polar surface area (TPSA) is 85.2 Å². The Labute approximate surface area is 191 Å². The number of methoxy groups -OCH3 is 1. The quantitative estimate of drug-likeness (QED) is 0.474.